The van der Waals surface area contributed by atoms with Crippen molar-refractivity contribution in [3.63, 3.8) is 0 Å². The van der Waals surface area contributed by atoms with E-state index >= 15 is 0 Å². The number of para-hydroxylation sites is 2. The van der Waals surface area contributed by atoms with E-state index in [0.29, 0.717) is 5.92 Å². The van der Waals surface area contributed by atoms with Crippen molar-refractivity contribution in [2.45, 2.75) is 19.8 Å². The molecular formula is C59H42N2. The molecule has 2 aromatic heterocycles. The monoisotopic (exact) mass is 778 g/mol. The van der Waals surface area contributed by atoms with Crippen molar-refractivity contribution in [3.8, 4) is 44.8 Å². The Hall–Kier alpha value is -7.68. The molecule has 288 valence electrons. The van der Waals surface area contributed by atoms with E-state index in [1.54, 1.807) is 0 Å². The summed E-state index contributed by atoms with van der Waals surface area (Å²) >= 11 is 0. The van der Waals surface area contributed by atoms with Gasteiger partial charge in [-0.3, -0.25) is 0 Å². The number of fused-ring (bicyclic) bond motifs is 8. The van der Waals surface area contributed by atoms with Gasteiger partial charge in [-0.05, 0) is 133 Å². The van der Waals surface area contributed by atoms with Gasteiger partial charge in [-0.2, -0.15) is 0 Å². The van der Waals surface area contributed by atoms with Crippen molar-refractivity contribution in [3.05, 3.63) is 218 Å². The lowest BCUT2D eigenvalue weighted by Gasteiger charge is -2.18. The Morgan fingerprint density at radius 1 is 0.279 bits per heavy atom. The van der Waals surface area contributed by atoms with Crippen LogP contribution in [0.5, 0.6) is 0 Å². The molecule has 0 atom stereocenters. The molecule has 0 aliphatic heterocycles. The third-order valence-electron chi connectivity index (χ3n) is 12.9. The van der Waals surface area contributed by atoms with E-state index in [-0.39, 0.29) is 0 Å². The maximum absolute atomic E-state index is 2.43. The molecule has 2 nitrogen and oxygen atoms in total. The molecule has 0 saturated carbocycles. The molecule has 0 saturated heterocycles. The highest BCUT2D eigenvalue weighted by atomic mass is 15.0. The second-order valence-corrected chi connectivity index (χ2v) is 16.7. The lowest BCUT2D eigenvalue weighted by Crippen LogP contribution is -1.95. The van der Waals surface area contributed by atoms with Crippen molar-refractivity contribution in [2.24, 2.45) is 0 Å². The van der Waals surface area contributed by atoms with Gasteiger partial charge < -0.3 is 9.13 Å². The number of hydrogen-bond donors (Lipinski definition) is 0. The van der Waals surface area contributed by atoms with Gasteiger partial charge in [0.15, 0.2) is 0 Å². The largest absolute Gasteiger partial charge is 0.309 e. The number of rotatable bonds is 6. The Balaban J connectivity index is 0.994. The molecule has 0 amide bonds. The number of hydrogen-bond acceptors (Lipinski definition) is 0. The first kappa shape index (κ1) is 35.3. The number of benzene rings is 10. The van der Waals surface area contributed by atoms with Crippen LogP contribution in [0.1, 0.15) is 25.3 Å². The Kier molecular flexibility index (Phi) is 8.08. The van der Waals surface area contributed by atoms with Crippen molar-refractivity contribution >= 4 is 65.2 Å². The van der Waals surface area contributed by atoms with Crippen molar-refractivity contribution < 1.29 is 0 Å². The van der Waals surface area contributed by atoms with Crippen molar-refractivity contribution in [2.75, 3.05) is 0 Å². The predicted octanol–water partition coefficient (Wildman–Crippen LogP) is 16.3. The first-order chi connectivity index (χ1) is 30.1. The summed E-state index contributed by atoms with van der Waals surface area (Å²) in [4.78, 5) is 0. The van der Waals surface area contributed by atoms with Crippen molar-refractivity contribution in [1.29, 1.82) is 0 Å². The van der Waals surface area contributed by atoms with E-state index in [0.717, 1.165) is 5.69 Å². The molecule has 2 heteroatoms. The molecule has 0 bridgehead atoms. The minimum atomic E-state index is 0.449. The fourth-order valence-corrected chi connectivity index (χ4v) is 10.00. The summed E-state index contributed by atoms with van der Waals surface area (Å²) in [5.74, 6) is 0.449. The third-order valence-corrected chi connectivity index (χ3v) is 12.9. The van der Waals surface area contributed by atoms with E-state index < -0.39 is 0 Å². The Morgan fingerprint density at radius 2 is 0.656 bits per heavy atom. The van der Waals surface area contributed by atoms with Gasteiger partial charge in [-0.25, -0.2) is 0 Å². The summed E-state index contributed by atoms with van der Waals surface area (Å²) < 4.78 is 4.84. The van der Waals surface area contributed by atoms with Crippen LogP contribution in [0.4, 0.5) is 0 Å². The van der Waals surface area contributed by atoms with E-state index in [9.17, 15) is 0 Å². The zero-order chi connectivity index (χ0) is 40.6. The van der Waals surface area contributed by atoms with Crippen LogP contribution in [0.2, 0.25) is 0 Å². The summed E-state index contributed by atoms with van der Waals surface area (Å²) in [5, 5.41) is 10.1. The smallest absolute Gasteiger partial charge is 0.0541 e. The van der Waals surface area contributed by atoms with Crippen LogP contribution in [-0.4, -0.2) is 9.13 Å². The molecule has 0 unspecified atom stereocenters. The highest BCUT2D eigenvalue weighted by Gasteiger charge is 2.19. The zero-order valence-corrected chi connectivity index (χ0v) is 34.2. The van der Waals surface area contributed by atoms with Crippen LogP contribution in [0.3, 0.4) is 0 Å². The Bertz CT molecular complexity index is 3590. The van der Waals surface area contributed by atoms with Gasteiger partial charge >= 0.3 is 0 Å². The highest BCUT2D eigenvalue weighted by molar-refractivity contribution is 6.21. The molecular weight excluding hydrogens is 737 g/mol. The maximum atomic E-state index is 2.43. The molecule has 2 heterocycles. The normalized spacial score (nSPS) is 11.9. The van der Waals surface area contributed by atoms with E-state index in [4.69, 9.17) is 0 Å². The van der Waals surface area contributed by atoms with Crippen LogP contribution in [0.25, 0.3) is 110 Å². The molecule has 0 fully saturated rings. The molecule has 0 spiro atoms. The number of nitrogens with zero attached hydrogens (tertiary/aromatic N) is 2. The molecule has 61 heavy (non-hydrogen) atoms. The minimum Gasteiger partial charge on any atom is -0.309 e. The van der Waals surface area contributed by atoms with Gasteiger partial charge in [0.05, 0.1) is 22.1 Å². The summed E-state index contributed by atoms with van der Waals surface area (Å²) in [6.07, 6.45) is 0. The van der Waals surface area contributed by atoms with Gasteiger partial charge in [0.1, 0.15) is 0 Å². The Morgan fingerprint density at radius 3 is 1.20 bits per heavy atom. The van der Waals surface area contributed by atoms with E-state index in [1.165, 1.54) is 110 Å². The molecule has 12 rings (SSSR count). The van der Waals surface area contributed by atoms with Gasteiger partial charge in [0.25, 0.3) is 0 Å². The third kappa shape index (κ3) is 5.56. The molecule has 0 aliphatic carbocycles. The van der Waals surface area contributed by atoms with Gasteiger partial charge in [0.2, 0.25) is 0 Å². The lowest BCUT2D eigenvalue weighted by molar-refractivity contribution is 0.868. The predicted molar refractivity (Wildman–Crippen MR) is 261 cm³/mol. The molecule has 10 aromatic carbocycles. The van der Waals surface area contributed by atoms with Gasteiger partial charge in [-0.15, -0.1) is 0 Å². The summed E-state index contributed by atoms with van der Waals surface area (Å²) in [6, 6.07) is 78.4. The maximum Gasteiger partial charge on any atom is 0.0541 e. The molecule has 0 N–H and O–H groups in total. The van der Waals surface area contributed by atoms with Crippen LogP contribution in [0.15, 0.2) is 212 Å². The molecule has 12 aromatic rings. The topological polar surface area (TPSA) is 9.86 Å². The average Bonchev–Trinajstić information content (AvgIpc) is 3.83. The van der Waals surface area contributed by atoms with Crippen molar-refractivity contribution in [1.82, 2.24) is 9.13 Å². The van der Waals surface area contributed by atoms with Crippen LogP contribution >= 0.6 is 0 Å². The van der Waals surface area contributed by atoms with Crippen LogP contribution < -0.4 is 0 Å². The fourth-order valence-electron chi connectivity index (χ4n) is 10.00. The lowest BCUT2D eigenvalue weighted by atomic mass is 9.86. The quantitative estimate of drug-likeness (QED) is 0.149. The second kappa shape index (κ2) is 14.0. The standard InChI is InChI=1S/C59H42N2/c1-38(2)41-27-32-56-52(35-41)53-37-43(29-34-57(53)60(56)44-17-7-4-8-18-44)42-28-33-55-51(36-42)46-19-13-14-24-54(46)61(55)45-30-25-40(26-31-45)59-49-22-11-9-20-47(49)58(39-15-5-3-6-16-39)48-21-10-12-23-50(48)59/h3-38H,1-2H3. The summed E-state index contributed by atoms with van der Waals surface area (Å²) in [7, 11) is 0. The van der Waals surface area contributed by atoms with Crippen LogP contribution in [0, 0.1) is 0 Å². The average molecular weight is 779 g/mol. The van der Waals surface area contributed by atoms with Gasteiger partial charge in [0, 0.05) is 32.9 Å². The van der Waals surface area contributed by atoms with Gasteiger partial charge in [-0.1, -0.05) is 159 Å². The zero-order valence-electron chi connectivity index (χ0n) is 34.2. The van der Waals surface area contributed by atoms with Crippen LogP contribution in [-0.2, 0) is 0 Å². The molecule has 0 radical (unpaired) electrons. The molecule has 0 aliphatic rings. The first-order valence-electron chi connectivity index (χ1n) is 21.4. The Labute approximate surface area is 355 Å². The SMILES string of the molecule is CC(C)c1ccc2c(c1)c1cc(-c3ccc4c(c3)c3ccccc3n4-c3ccc(-c4c5ccccc5c(-c5ccccc5)c5ccccc45)cc3)ccc1n2-c1ccccc1. The van der Waals surface area contributed by atoms with E-state index in [2.05, 4.69) is 235 Å². The second-order valence-electron chi connectivity index (χ2n) is 16.7. The summed E-state index contributed by atoms with van der Waals surface area (Å²) in [5.41, 5.74) is 16.0. The highest BCUT2D eigenvalue weighted by Crippen LogP contribution is 2.44. The summed E-state index contributed by atoms with van der Waals surface area (Å²) in [6.45, 7) is 4.55. The fraction of sp³-hybridized carbons (Fsp3) is 0.0508. The number of aromatic nitrogens is 2. The minimum absolute atomic E-state index is 0.449. The first-order valence-corrected chi connectivity index (χ1v) is 21.4. The van der Waals surface area contributed by atoms with E-state index in [1.807, 2.05) is 0 Å².